The minimum absolute atomic E-state index is 0.0502. The number of amides is 1. The number of carboxylic acids is 1. The summed E-state index contributed by atoms with van der Waals surface area (Å²) < 4.78 is 0. The highest BCUT2D eigenvalue weighted by Crippen LogP contribution is 2.21. The van der Waals surface area contributed by atoms with Crippen LogP contribution in [0.2, 0.25) is 0 Å². The molecule has 96 valence electrons. The molecule has 2 atom stereocenters. The van der Waals surface area contributed by atoms with E-state index in [9.17, 15) is 9.59 Å². The summed E-state index contributed by atoms with van der Waals surface area (Å²) in [6.07, 6.45) is 2.59. The van der Waals surface area contributed by atoms with Gasteiger partial charge in [0.1, 0.15) is 5.92 Å². The van der Waals surface area contributed by atoms with Gasteiger partial charge in [0.15, 0.2) is 0 Å². The van der Waals surface area contributed by atoms with Gasteiger partial charge in [-0.25, -0.2) is 0 Å². The topological polar surface area (TPSA) is 66.4 Å². The largest absolute Gasteiger partial charge is 0.481 e. The zero-order valence-electron chi connectivity index (χ0n) is 10.3. The molecular formula is C14H17NO3. The molecule has 0 fully saturated rings. The Kier molecular flexibility index (Phi) is 3.65. The number of hydrogen-bond donors (Lipinski definition) is 2. The molecule has 0 heterocycles. The fourth-order valence-corrected chi connectivity index (χ4v) is 2.26. The number of aryl methyl sites for hydroxylation is 1. The summed E-state index contributed by atoms with van der Waals surface area (Å²) in [7, 11) is 0. The molecule has 1 aliphatic carbocycles. The second-order valence-electron chi connectivity index (χ2n) is 4.78. The predicted octanol–water partition coefficient (Wildman–Crippen LogP) is 1.38. The standard InChI is InChI=1S/C14H17NO3/c1-9(14(17)18)13(16)15-12-7-6-10-4-2-3-5-11(10)8-12/h2-5,9,12H,6-8H2,1H3,(H,15,16)(H,17,18). The van der Waals surface area contributed by atoms with Crippen molar-refractivity contribution in [3.05, 3.63) is 35.4 Å². The summed E-state index contributed by atoms with van der Waals surface area (Å²) in [5, 5.41) is 11.6. The van der Waals surface area contributed by atoms with Gasteiger partial charge in [-0.3, -0.25) is 9.59 Å². The van der Waals surface area contributed by atoms with Crippen molar-refractivity contribution in [3.63, 3.8) is 0 Å². The highest BCUT2D eigenvalue weighted by atomic mass is 16.4. The lowest BCUT2D eigenvalue weighted by atomic mass is 9.88. The monoisotopic (exact) mass is 247 g/mol. The quantitative estimate of drug-likeness (QED) is 0.793. The van der Waals surface area contributed by atoms with Crippen LogP contribution in [0.15, 0.2) is 24.3 Å². The molecule has 0 aliphatic heterocycles. The van der Waals surface area contributed by atoms with Crippen LogP contribution in [-0.2, 0) is 22.4 Å². The Morgan fingerprint density at radius 3 is 2.67 bits per heavy atom. The van der Waals surface area contributed by atoms with Gasteiger partial charge >= 0.3 is 5.97 Å². The summed E-state index contributed by atoms with van der Waals surface area (Å²) in [6, 6.07) is 8.23. The van der Waals surface area contributed by atoms with Crippen molar-refractivity contribution in [3.8, 4) is 0 Å². The molecule has 4 nitrogen and oxygen atoms in total. The first kappa shape index (κ1) is 12.6. The first-order valence-corrected chi connectivity index (χ1v) is 6.18. The van der Waals surface area contributed by atoms with E-state index in [4.69, 9.17) is 5.11 Å². The molecule has 18 heavy (non-hydrogen) atoms. The zero-order chi connectivity index (χ0) is 13.1. The van der Waals surface area contributed by atoms with Crippen molar-refractivity contribution >= 4 is 11.9 Å². The Bertz CT molecular complexity index is 470. The summed E-state index contributed by atoms with van der Waals surface area (Å²) in [5.74, 6) is -2.46. The van der Waals surface area contributed by atoms with Gasteiger partial charge in [-0.05, 0) is 37.3 Å². The van der Waals surface area contributed by atoms with Crippen LogP contribution in [0.4, 0.5) is 0 Å². The Morgan fingerprint density at radius 2 is 2.00 bits per heavy atom. The van der Waals surface area contributed by atoms with Gasteiger partial charge < -0.3 is 10.4 Å². The zero-order valence-corrected chi connectivity index (χ0v) is 10.3. The molecule has 4 heteroatoms. The second-order valence-corrected chi connectivity index (χ2v) is 4.78. The first-order chi connectivity index (χ1) is 8.58. The summed E-state index contributed by atoms with van der Waals surface area (Å²) >= 11 is 0. The average molecular weight is 247 g/mol. The van der Waals surface area contributed by atoms with Crippen molar-refractivity contribution in [2.24, 2.45) is 5.92 Å². The maximum atomic E-state index is 11.7. The number of carbonyl (C=O) groups is 2. The molecule has 0 radical (unpaired) electrons. The highest BCUT2D eigenvalue weighted by Gasteiger charge is 2.25. The minimum Gasteiger partial charge on any atom is -0.481 e. The van der Waals surface area contributed by atoms with Gasteiger partial charge in [-0.2, -0.15) is 0 Å². The van der Waals surface area contributed by atoms with Crippen LogP contribution in [0.1, 0.15) is 24.5 Å². The summed E-state index contributed by atoms with van der Waals surface area (Å²) in [4.78, 5) is 22.4. The fourth-order valence-electron chi connectivity index (χ4n) is 2.26. The molecule has 0 saturated carbocycles. The summed E-state index contributed by atoms with van der Waals surface area (Å²) in [5.41, 5.74) is 2.58. The van der Waals surface area contributed by atoms with Gasteiger partial charge in [-0.1, -0.05) is 24.3 Å². The molecule has 2 N–H and O–H groups in total. The van der Waals surface area contributed by atoms with Crippen molar-refractivity contribution in [1.29, 1.82) is 0 Å². The van der Waals surface area contributed by atoms with E-state index in [0.29, 0.717) is 0 Å². The second kappa shape index (κ2) is 5.21. The van der Waals surface area contributed by atoms with Crippen molar-refractivity contribution in [2.45, 2.75) is 32.2 Å². The Morgan fingerprint density at radius 1 is 1.33 bits per heavy atom. The van der Waals surface area contributed by atoms with Gasteiger partial charge in [0, 0.05) is 6.04 Å². The van der Waals surface area contributed by atoms with Crippen molar-refractivity contribution < 1.29 is 14.7 Å². The number of fused-ring (bicyclic) bond motifs is 1. The number of carboxylic acid groups (broad SMARTS) is 1. The molecule has 0 aromatic heterocycles. The molecular weight excluding hydrogens is 230 g/mol. The molecule has 1 aromatic carbocycles. The number of benzene rings is 1. The van der Waals surface area contributed by atoms with E-state index in [0.717, 1.165) is 19.3 Å². The third-order valence-electron chi connectivity index (χ3n) is 3.46. The predicted molar refractivity (Wildman–Crippen MR) is 67.2 cm³/mol. The normalized spacial score (nSPS) is 19.7. The van der Waals surface area contributed by atoms with Gasteiger partial charge in [0.05, 0.1) is 0 Å². The number of rotatable bonds is 3. The number of nitrogens with one attached hydrogen (secondary N) is 1. The fraction of sp³-hybridized carbons (Fsp3) is 0.429. The minimum atomic E-state index is -1.08. The Hall–Kier alpha value is -1.84. The maximum absolute atomic E-state index is 11.7. The number of hydrogen-bond acceptors (Lipinski definition) is 2. The van der Waals surface area contributed by atoms with E-state index in [-0.39, 0.29) is 6.04 Å². The lowest BCUT2D eigenvalue weighted by Crippen LogP contribution is -2.43. The molecule has 2 unspecified atom stereocenters. The van der Waals surface area contributed by atoms with Crippen LogP contribution in [0.25, 0.3) is 0 Å². The Labute approximate surface area is 106 Å². The number of carbonyl (C=O) groups excluding carboxylic acids is 1. The highest BCUT2D eigenvalue weighted by molar-refractivity contribution is 5.96. The van der Waals surface area contributed by atoms with Crippen LogP contribution in [0.5, 0.6) is 0 Å². The molecule has 0 spiro atoms. The van der Waals surface area contributed by atoms with E-state index in [1.165, 1.54) is 18.1 Å². The molecule has 1 aliphatic rings. The van der Waals surface area contributed by atoms with Gasteiger partial charge in [0.2, 0.25) is 5.91 Å². The smallest absolute Gasteiger partial charge is 0.315 e. The lowest BCUT2D eigenvalue weighted by Gasteiger charge is -2.26. The van der Waals surface area contributed by atoms with Gasteiger partial charge in [0.25, 0.3) is 0 Å². The average Bonchev–Trinajstić information content (AvgIpc) is 2.37. The van der Waals surface area contributed by atoms with Crippen molar-refractivity contribution in [1.82, 2.24) is 5.32 Å². The van der Waals surface area contributed by atoms with Gasteiger partial charge in [-0.15, -0.1) is 0 Å². The molecule has 1 amide bonds. The van der Waals surface area contributed by atoms with E-state index < -0.39 is 17.8 Å². The Balaban J connectivity index is 1.98. The van der Waals surface area contributed by atoms with Crippen LogP contribution >= 0.6 is 0 Å². The van der Waals surface area contributed by atoms with Crippen LogP contribution in [-0.4, -0.2) is 23.0 Å². The van der Waals surface area contributed by atoms with E-state index in [1.54, 1.807) is 0 Å². The SMILES string of the molecule is CC(C(=O)O)C(=O)NC1CCc2ccccc2C1. The third kappa shape index (κ3) is 2.70. The number of aliphatic carboxylic acids is 1. The van der Waals surface area contributed by atoms with E-state index >= 15 is 0 Å². The first-order valence-electron chi connectivity index (χ1n) is 6.18. The van der Waals surface area contributed by atoms with E-state index in [1.807, 2.05) is 12.1 Å². The molecule has 0 bridgehead atoms. The molecule has 1 aromatic rings. The van der Waals surface area contributed by atoms with Crippen LogP contribution in [0.3, 0.4) is 0 Å². The molecule has 2 rings (SSSR count). The van der Waals surface area contributed by atoms with Crippen molar-refractivity contribution in [2.75, 3.05) is 0 Å². The maximum Gasteiger partial charge on any atom is 0.315 e. The lowest BCUT2D eigenvalue weighted by molar-refractivity contribution is -0.146. The summed E-state index contributed by atoms with van der Waals surface area (Å²) in [6.45, 7) is 1.41. The van der Waals surface area contributed by atoms with Crippen LogP contribution in [0, 0.1) is 5.92 Å². The molecule has 0 saturated heterocycles. The van der Waals surface area contributed by atoms with Crippen LogP contribution < -0.4 is 5.32 Å². The third-order valence-corrected chi connectivity index (χ3v) is 3.46. The van der Waals surface area contributed by atoms with E-state index in [2.05, 4.69) is 17.4 Å².